The minimum absolute atomic E-state index is 1.10. The third-order valence-electron chi connectivity index (χ3n) is 15.4. The molecule has 14 saturated heterocycles. The van der Waals surface area contributed by atoms with E-state index in [4.69, 9.17) is 75.8 Å². The quantitative estimate of drug-likeness (QED) is 0.114. The Morgan fingerprint density at radius 1 is 0.253 bits per heavy atom. The molecule has 35 atom stereocenters. The standard InChI is InChI=1S/C45H68O38/c46-1-9-28-14(52)21(59)39(70-9)76-29-10(2-47)73-42(24(62)17(29)55)80-33-20(58)27(65)45-79-32-13(5-50)72-41(23(61)16(32)54)77-30-11(3-48)74-43(25(63)18(30)56)81-34-19(57)26(64)44(78-31-12(4-49)71-40(75-28)22(60)15(31)53)82-36(34)38(67)69-7-8(51)6-68-37(66)35(33)83-45/h9-36,39-50,52-65H,1-7H2/t9-,10-,11-,12-,13-,14-,15-,16-,17-,18-,19-,20-,21-,22-,23-,24-,25-,26-,27-,28-,29-,30-,31-,32-,33+,34+,35+,36+,39-,40-,41-,42-,43-,44+,45+/m1/s1. The molecule has 14 heterocycles. The zero-order valence-corrected chi connectivity index (χ0v) is 42.9. The predicted molar refractivity (Wildman–Crippen MR) is 241 cm³/mol. The van der Waals surface area contributed by atoms with Crippen LogP contribution in [0.15, 0.2) is 0 Å². The number of hydrogen-bond donors (Lipinski definition) is 19. The normalized spacial score (nSPS) is 53.3. The molecule has 0 radical (unpaired) electrons. The average Bonchev–Trinajstić information content (AvgIpc) is 3.59. The Kier molecular flexibility index (Phi) is 21.0. The van der Waals surface area contributed by atoms with Crippen molar-refractivity contribution in [2.75, 3.05) is 46.2 Å². The van der Waals surface area contributed by atoms with Crippen LogP contribution in [0.2, 0.25) is 0 Å². The maximum Gasteiger partial charge on any atom is 0.338 e. The smallest absolute Gasteiger partial charge is 0.338 e. The van der Waals surface area contributed by atoms with Gasteiger partial charge < -0.3 is 173 Å². The van der Waals surface area contributed by atoms with Crippen molar-refractivity contribution in [3.8, 4) is 0 Å². The Balaban J connectivity index is 1.11. The summed E-state index contributed by atoms with van der Waals surface area (Å²) >= 11 is 0. The van der Waals surface area contributed by atoms with Crippen LogP contribution in [-0.2, 0) is 90.2 Å². The molecule has 0 unspecified atom stereocenters. The van der Waals surface area contributed by atoms with Gasteiger partial charge in [-0.3, -0.25) is 4.79 Å². The van der Waals surface area contributed by atoms with Gasteiger partial charge in [-0.15, -0.1) is 0 Å². The summed E-state index contributed by atoms with van der Waals surface area (Å²) in [6.07, 6.45) is -77.7. The molecule has 14 fully saturated rings. The first-order valence-electron chi connectivity index (χ1n) is 26.1. The van der Waals surface area contributed by atoms with Crippen LogP contribution in [0.3, 0.4) is 0 Å². The van der Waals surface area contributed by atoms with Gasteiger partial charge in [-0.25, -0.2) is 9.59 Å². The van der Waals surface area contributed by atoms with Gasteiger partial charge in [-0.05, 0) is 0 Å². The van der Waals surface area contributed by atoms with Crippen molar-refractivity contribution in [3.05, 3.63) is 0 Å². The molecule has 83 heavy (non-hydrogen) atoms. The van der Waals surface area contributed by atoms with Crippen LogP contribution < -0.4 is 0 Å². The average molecular weight is 1220 g/mol. The summed E-state index contributed by atoms with van der Waals surface area (Å²) < 4.78 is 89.9. The molecule has 476 valence electrons. The van der Waals surface area contributed by atoms with Crippen LogP contribution in [0.4, 0.5) is 0 Å². The highest BCUT2D eigenvalue weighted by atomic mass is 16.8. The summed E-state index contributed by atoms with van der Waals surface area (Å²) in [5, 5.41) is 213. The molecular formula is C45H68O38. The molecule has 0 spiro atoms. The Hall–Kier alpha value is -2.71. The second kappa shape index (κ2) is 26.9. The zero-order valence-electron chi connectivity index (χ0n) is 42.9. The van der Waals surface area contributed by atoms with Crippen molar-refractivity contribution in [2.24, 2.45) is 0 Å². The second-order valence-electron chi connectivity index (χ2n) is 20.8. The van der Waals surface area contributed by atoms with Crippen molar-refractivity contribution >= 4 is 17.7 Å². The summed E-state index contributed by atoms with van der Waals surface area (Å²) in [6, 6.07) is 0. The number of ketones is 1. The summed E-state index contributed by atoms with van der Waals surface area (Å²) in [7, 11) is 0. The first-order valence-corrected chi connectivity index (χ1v) is 26.1. The number of Topliss-reactive ketones (excluding diaryl/α,β-unsaturated/α-hetero) is 1. The van der Waals surface area contributed by atoms with Crippen LogP contribution in [-0.4, -0.2) is 376 Å². The van der Waals surface area contributed by atoms with Crippen molar-refractivity contribution in [1.82, 2.24) is 0 Å². The maximum atomic E-state index is 14.1. The molecule has 0 aromatic rings. The topological polar surface area (TPSA) is 583 Å². The molecule has 0 amide bonds. The molecule has 0 aliphatic carbocycles. The monoisotopic (exact) mass is 1220 g/mol. The lowest BCUT2D eigenvalue weighted by Crippen LogP contribution is -2.68. The highest BCUT2D eigenvalue weighted by Crippen LogP contribution is 2.39. The van der Waals surface area contributed by atoms with E-state index >= 15 is 0 Å². The fourth-order valence-corrected chi connectivity index (χ4v) is 10.8. The number of fused-ring (bicyclic) bond motifs is 5. The van der Waals surface area contributed by atoms with E-state index in [0.717, 1.165) is 0 Å². The molecule has 14 rings (SSSR count). The number of carbonyl (C=O) groups excluding carboxylic acids is 3. The molecule has 14 bridgehead atoms. The van der Waals surface area contributed by atoms with Crippen LogP contribution in [0.25, 0.3) is 0 Å². The Labute approximate surface area is 465 Å². The van der Waals surface area contributed by atoms with E-state index in [0.29, 0.717) is 0 Å². The molecule has 0 saturated carbocycles. The Morgan fingerprint density at radius 2 is 0.434 bits per heavy atom. The highest BCUT2D eigenvalue weighted by Gasteiger charge is 2.61. The number of aliphatic hydroxyl groups excluding tert-OH is 19. The molecule has 38 nitrogen and oxygen atoms in total. The number of rotatable bonds is 5. The van der Waals surface area contributed by atoms with Gasteiger partial charge >= 0.3 is 11.9 Å². The van der Waals surface area contributed by atoms with Gasteiger partial charge in [0.15, 0.2) is 69.5 Å². The highest BCUT2D eigenvalue weighted by molar-refractivity contribution is 5.87. The number of aliphatic hydroxyl groups is 19. The SMILES string of the molecule is O=C1COC(=O)[C@H]2O[C@@H]3O[C@H]4[C@H](O)[C@@H](O)[C@@H](O[C@H]5[C@H](O)[C@@H](O)[C@@H](O[C@H]6[C@H](O)[C@@H](O)[C@@H](O[C@H]7[C@H](O)[C@@H](O)[C@@H](O[C@H]8[C@H](O)[C@@H](O)[C@@H](O[C@H]9[C@H](O)[C@@H](O)[C@@H](O[C@H]2[C@H](O)[C@H]3O)O[C@@H]9CO)O[C@@H]8CO)O[C@@H]7C(=O)OC1)O[C@@H]6CO)O[C@@H]5CO)O[C@@H]4CO. The lowest BCUT2D eigenvalue weighted by atomic mass is 9.95. The van der Waals surface area contributed by atoms with E-state index in [1.807, 2.05) is 0 Å². The molecule has 38 heteroatoms. The van der Waals surface area contributed by atoms with Crippen LogP contribution in [0, 0.1) is 0 Å². The van der Waals surface area contributed by atoms with Crippen LogP contribution in [0.1, 0.15) is 0 Å². The fourth-order valence-electron chi connectivity index (χ4n) is 10.8. The first-order chi connectivity index (χ1) is 39.5. The maximum absolute atomic E-state index is 14.1. The summed E-state index contributed by atoms with van der Waals surface area (Å²) in [5.41, 5.74) is 0. The number of esters is 2. The van der Waals surface area contributed by atoms with Gasteiger partial charge in [0.1, 0.15) is 159 Å². The molecule has 14 aliphatic heterocycles. The van der Waals surface area contributed by atoms with E-state index in [9.17, 15) is 111 Å². The number of hydrogen-bond acceptors (Lipinski definition) is 38. The van der Waals surface area contributed by atoms with Gasteiger partial charge in [0.2, 0.25) is 5.78 Å². The van der Waals surface area contributed by atoms with Gasteiger partial charge in [0.05, 0.1) is 33.0 Å². The zero-order chi connectivity index (χ0) is 60.2. The minimum atomic E-state index is -2.49. The molecule has 14 aliphatic rings. The number of ether oxygens (including phenoxy) is 16. The largest absolute Gasteiger partial charge is 0.456 e. The van der Waals surface area contributed by atoms with Crippen molar-refractivity contribution in [2.45, 2.75) is 215 Å². The number of carbonyl (C=O) groups is 3. The Bertz CT molecular complexity index is 2160. The van der Waals surface area contributed by atoms with Crippen molar-refractivity contribution in [3.63, 3.8) is 0 Å². The van der Waals surface area contributed by atoms with Crippen molar-refractivity contribution in [1.29, 1.82) is 0 Å². The molecule has 0 aromatic heterocycles. The first kappa shape index (κ1) is 64.8. The Morgan fingerprint density at radius 3 is 0.639 bits per heavy atom. The summed E-state index contributed by atoms with van der Waals surface area (Å²) in [4.78, 5) is 41.5. The molecule has 0 aromatic carbocycles. The fraction of sp³-hybridized carbons (Fsp3) is 0.933. The molecular weight excluding hydrogens is 1150 g/mol. The van der Waals surface area contributed by atoms with E-state index < -0.39 is 279 Å². The lowest BCUT2D eigenvalue weighted by Gasteiger charge is -2.49. The summed E-state index contributed by atoms with van der Waals surface area (Å²) in [6.45, 7) is -8.45. The van der Waals surface area contributed by atoms with Crippen LogP contribution >= 0.6 is 0 Å². The van der Waals surface area contributed by atoms with E-state index in [2.05, 4.69) is 0 Å². The van der Waals surface area contributed by atoms with Gasteiger partial charge in [0.25, 0.3) is 0 Å². The summed E-state index contributed by atoms with van der Waals surface area (Å²) in [5.74, 6) is -4.73. The third-order valence-corrected chi connectivity index (χ3v) is 15.4. The van der Waals surface area contributed by atoms with E-state index in [-0.39, 0.29) is 0 Å². The van der Waals surface area contributed by atoms with Gasteiger partial charge in [0, 0.05) is 0 Å². The minimum Gasteiger partial charge on any atom is -0.456 e. The van der Waals surface area contributed by atoms with Crippen LogP contribution in [0.5, 0.6) is 0 Å². The lowest BCUT2D eigenvalue weighted by molar-refractivity contribution is -0.394. The van der Waals surface area contributed by atoms with E-state index in [1.165, 1.54) is 0 Å². The van der Waals surface area contributed by atoms with Gasteiger partial charge in [-0.2, -0.15) is 0 Å². The predicted octanol–water partition coefficient (Wildman–Crippen LogP) is -15.5. The van der Waals surface area contributed by atoms with E-state index in [1.54, 1.807) is 0 Å². The third kappa shape index (κ3) is 12.7. The van der Waals surface area contributed by atoms with Crippen molar-refractivity contribution < 1.29 is 187 Å². The molecule has 19 N–H and O–H groups in total. The second-order valence-corrected chi connectivity index (χ2v) is 20.8. The van der Waals surface area contributed by atoms with Gasteiger partial charge in [-0.1, -0.05) is 0 Å².